The molecule has 0 spiro atoms. The molecule has 0 aromatic rings. The third-order valence-electron chi connectivity index (χ3n) is 4.12. The third-order valence-corrected chi connectivity index (χ3v) is 4.12. The SMILES string of the molecule is CC1CC(OCCC2CCCC2O)CC(C)O1. The largest absolute Gasteiger partial charge is 0.393 e. The Morgan fingerprint density at radius 3 is 2.47 bits per heavy atom. The maximum atomic E-state index is 9.73. The lowest BCUT2D eigenvalue weighted by Crippen LogP contribution is -2.34. The van der Waals surface area contributed by atoms with Gasteiger partial charge in [-0.05, 0) is 51.9 Å². The molecule has 1 saturated heterocycles. The lowest BCUT2D eigenvalue weighted by Gasteiger charge is -2.32. The van der Waals surface area contributed by atoms with E-state index in [1.807, 2.05) is 0 Å². The minimum atomic E-state index is -0.0777. The van der Waals surface area contributed by atoms with E-state index in [-0.39, 0.29) is 6.10 Å². The van der Waals surface area contributed by atoms with Gasteiger partial charge in [0, 0.05) is 6.61 Å². The molecule has 100 valence electrons. The molecule has 1 heterocycles. The fourth-order valence-electron chi connectivity index (χ4n) is 3.22. The molecule has 2 aliphatic rings. The van der Waals surface area contributed by atoms with E-state index in [0.29, 0.717) is 24.2 Å². The highest BCUT2D eigenvalue weighted by Crippen LogP contribution is 2.29. The van der Waals surface area contributed by atoms with Gasteiger partial charge in [-0.1, -0.05) is 6.42 Å². The Labute approximate surface area is 104 Å². The molecule has 4 unspecified atom stereocenters. The maximum Gasteiger partial charge on any atom is 0.0624 e. The summed E-state index contributed by atoms with van der Waals surface area (Å²) in [6, 6.07) is 0. The van der Waals surface area contributed by atoms with Gasteiger partial charge in [0.2, 0.25) is 0 Å². The first kappa shape index (κ1) is 13.3. The van der Waals surface area contributed by atoms with Crippen LogP contribution in [0.25, 0.3) is 0 Å². The predicted octanol–water partition coefficient (Wildman–Crippen LogP) is 2.51. The molecule has 1 saturated carbocycles. The normalized spacial score (nSPS) is 42.9. The van der Waals surface area contributed by atoms with Crippen molar-refractivity contribution >= 4 is 0 Å². The van der Waals surface area contributed by atoms with Crippen LogP contribution >= 0.6 is 0 Å². The first-order valence-corrected chi connectivity index (χ1v) is 7.10. The monoisotopic (exact) mass is 242 g/mol. The molecule has 2 fully saturated rings. The number of aliphatic hydroxyl groups excluding tert-OH is 1. The van der Waals surface area contributed by atoms with Crippen molar-refractivity contribution in [1.29, 1.82) is 0 Å². The molecule has 3 heteroatoms. The van der Waals surface area contributed by atoms with Crippen LogP contribution in [0.15, 0.2) is 0 Å². The fourth-order valence-corrected chi connectivity index (χ4v) is 3.22. The fraction of sp³-hybridized carbons (Fsp3) is 1.00. The van der Waals surface area contributed by atoms with Crippen molar-refractivity contribution in [2.24, 2.45) is 5.92 Å². The summed E-state index contributed by atoms with van der Waals surface area (Å²) in [6.07, 6.45) is 7.29. The molecule has 2 rings (SSSR count). The molecule has 0 aromatic carbocycles. The highest BCUT2D eigenvalue weighted by Gasteiger charge is 2.27. The minimum absolute atomic E-state index is 0.0777. The van der Waals surface area contributed by atoms with Crippen LogP contribution in [0.5, 0.6) is 0 Å². The van der Waals surface area contributed by atoms with E-state index < -0.39 is 0 Å². The number of hydrogen-bond acceptors (Lipinski definition) is 3. The van der Waals surface area contributed by atoms with Gasteiger partial charge < -0.3 is 14.6 Å². The number of ether oxygens (including phenoxy) is 2. The Morgan fingerprint density at radius 2 is 1.88 bits per heavy atom. The maximum absolute atomic E-state index is 9.73. The topological polar surface area (TPSA) is 38.7 Å². The smallest absolute Gasteiger partial charge is 0.0624 e. The van der Waals surface area contributed by atoms with Crippen molar-refractivity contribution in [3.63, 3.8) is 0 Å². The average molecular weight is 242 g/mol. The van der Waals surface area contributed by atoms with E-state index in [1.54, 1.807) is 0 Å². The quantitative estimate of drug-likeness (QED) is 0.823. The second kappa shape index (κ2) is 6.17. The Balaban J connectivity index is 1.64. The molecule has 0 aromatic heterocycles. The lowest BCUT2D eigenvalue weighted by atomic mass is 10.0. The molecule has 3 nitrogen and oxygen atoms in total. The van der Waals surface area contributed by atoms with Crippen LogP contribution in [0, 0.1) is 5.92 Å². The Kier molecular flexibility index (Phi) is 4.83. The van der Waals surface area contributed by atoms with E-state index in [4.69, 9.17) is 9.47 Å². The summed E-state index contributed by atoms with van der Waals surface area (Å²) in [7, 11) is 0. The van der Waals surface area contributed by atoms with Gasteiger partial charge >= 0.3 is 0 Å². The molecular formula is C14H26O3. The second-order valence-corrected chi connectivity index (χ2v) is 5.77. The van der Waals surface area contributed by atoms with Crippen molar-refractivity contribution in [2.75, 3.05) is 6.61 Å². The Bertz CT molecular complexity index is 222. The van der Waals surface area contributed by atoms with Crippen LogP contribution in [0.1, 0.15) is 52.4 Å². The van der Waals surface area contributed by atoms with Crippen LogP contribution < -0.4 is 0 Å². The van der Waals surface area contributed by atoms with Crippen LogP contribution in [0.2, 0.25) is 0 Å². The molecule has 1 N–H and O–H groups in total. The number of rotatable bonds is 4. The van der Waals surface area contributed by atoms with Gasteiger partial charge in [-0.3, -0.25) is 0 Å². The van der Waals surface area contributed by atoms with Gasteiger partial charge in [0.1, 0.15) is 0 Å². The highest BCUT2D eigenvalue weighted by atomic mass is 16.5. The van der Waals surface area contributed by atoms with Crippen LogP contribution in [-0.2, 0) is 9.47 Å². The van der Waals surface area contributed by atoms with E-state index >= 15 is 0 Å². The van der Waals surface area contributed by atoms with Crippen molar-refractivity contribution < 1.29 is 14.6 Å². The zero-order valence-electron chi connectivity index (χ0n) is 11.1. The summed E-state index contributed by atoms with van der Waals surface area (Å²) in [5, 5.41) is 9.73. The molecule has 0 bridgehead atoms. The average Bonchev–Trinajstić information content (AvgIpc) is 2.63. The standard InChI is InChI=1S/C14H26O3/c1-10-8-13(9-11(2)17-10)16-7-6-12-4-3-5-14(12)15/h10-15H,3-9H2,1-2H3. The van der Waals surface area contributed by atoms with E-state index in [9.17, 15) is 5.11 Å². The molecule has 0 radical (unpaired) electrons. The lowest BCUT2D eigenvalue weighted by molar-refractivity contribution is -0.104. The molecule has 1 aliphatic heterocycles. The van der Waals surface area contributed by atoms with Crippen molar-refractivity contribution in [3.8, 4) is 0 Å². The first-order valence-electron chi connectivity index (χ1n) is 7.10. The van der Waals surface area contributed by atoms with Crippen molar-refractivity contribution in [3.05, 3.63) is 0 Å². The molecule has 4 atom stereocenters. The molecule has 1 aliphatic carbocycles. The zero-order valence-corrected chi connectivity index (χ0v) is 11.1. The molecule has 17 heavy (non-hydrogen) atoms. The number of hydrogen-bond donors (Lipinski definition) is 1. The van der Waals surface area contributed by atoms with Crippen molar-refractivity contribution in [1.82, 2.24) is 0 Å². The summed E-state index contributed by atoms with van der Waals surface area (Å²) in [4.78, 5) is 0. The van der Waals surface area contributed by atoms with E-state index in [2.05, 4.69) is 13.8 Å². The van der Waals surface area contributed by atoms with Gasteiger partial charge in [0.15, 0.2) is 0 Å². The van der Waals surface area contributed by atoms with Crippen LogP contribution in [-0.4, -0.2) is 36.1 Å². The van der Waals surface area contributed by atoms with Crippen molar-refractivity contribution in [2.45, 2.75) is 76.8 Å². The van der Waals surface area contributed by atoms with Gasteiger partial charge in [0.05, 0.1) is 24.4 Å². The van der Waals surface area contributed by atoms with E-state index in [1.165, 1.54) is 12.8 Å². The summed E-state index contributed by atoms with van der Waals surface area (Å²) in [5.74, 6) is 0.477. The Morgan fingerprint density at radius 1 is 1.18 bits per heavy atom. The van der Waals surface area contributed by atoms with Crippen LogP contribution in [0.4, 0.5) is 0 Å². The van der Waals surface area contributed by atoms with Gasteiger partial charge in [0.25, 0.3) is 0 Å². The summed E-state index contributed by atoms with van der Waals surface area (Å²) >= 11 is 0. The molecule has 0 amide bonds. The summed E-state index contributed by atoms with van der Waals surface area (Å²) in [5.41, 5.74) is 0. The highest BCUT2D eigenvalue weighted by molar-refractivity contribution is 4.77. The van der Waals surface area contributed by atoms with Crippen LogP contribution in [0.3, 0.4) is 0 Å². The molecular weight excluding hydrogens is 216 g/mol. The predicted molar refractivity (Wildman–Crippen MR) is 66.9 cm³/mol. The summed E-state index contributed by atoms with van der Waals surface area (Å²) < 4.78 is 11.6. The minimum Gasteiger partial charge on any atom is -0.393 e. The van der Waals surface area contributed by atoms with Gasteiger partial charge in [-0.2, -0.15) is 0 Å². The Hall–Kier alpha value is -0.120. The van der Waals surface area contributed by atoms with Gasteiger partial charge in [-0.25, -0.2) is 0 Å². The van der Waals surface area contributed by atoms with Gasteiger partial charge in [-0.15, -0.1) is 0 Å². The van der Waals surface area contributed by atoms with E-state index in [0.717, 1.165) is 32.3 Å². The number of aliphatic hydroxyl groups is 1. The summed E-state index contributed by atoms with van der Waals surface area (Å²) in [6.45, 7) is 5.03. The first-order chi connectivity index (χ1) is 8.15. The second-order valence-electron chi connectivity index (χ2n) is 5.77. The zero-order chi connectivity index (χ0) is 12.3. The third kappa shape index (κ3) is 3.94.